The van der Waals surface area contributed by atoms with Crippen molar-refractivity contribution in [1.82, 2.24) is 14.9 Å². The van der Waals surface area contributed by atoms with E-state index in [1.54, 1.807) is 23.1 Å². The first-order valence-corrected chi connectivity index (χ1v) is 7.77. The van der Waals surface area contributed by atoms with Crippen molar-refractivity contribution in [2.75, 3.05) is 5.01 Å². The van der Waals surface area contributed by atoms with Crippen LogP contribution in [0, 0.1) is 6.92 Å². The fraction of sp³-hybridized carbons (Fsp3) is 0.200. The third-order valence-corrected chi connectivity index (χ3v) is 5.96. The lowest BCUT2D eigenvalue weighted by Gasteiger charge is -2.23. The lowest BCUT2D eigenvalue weighted by molar-refractivity contribution is 0.622. The first-order chi connectivity index (χ1) is 8.34. The van der Waals surface area contributed by atoms with Crippen molar-refractivity contribution < 1.29 is 0 Å². The Morgan fingerprint density at radius 3 is 3.12 bits per heavy atom. The number of hydrogen-bond donors (Lipinski definition) is 0. The van der Waals surface area contributed by atoms with Gasteiger partial charge in [-0.3, -0.25) is 5.01 Å². The highest BCUT2D eigenvalue weighted by Crippen LogP contribution is 2.51. The molecule has 2 aromatic rings. The minimum absolute atomic E-state index is 0.327. The standard InChI is InChI=1S/C10H8N4S3/c1-6-11-12-10-13(6)14-8(17-10)5-16-9(14)7-3-2-4-15-7/h2-5,9H,1H3. The predicted molar refractivity (Wildman–Crippen MR) is 71.6 cm³/mol. The average molecular weight is 280 g/mol. The molecule has 1 unspecified atom stereocenters. The predicted octanol–water partition coefficient (Wildman–Crippen LogP) is 2.94. The second-order valence-electron chi connectivity index (χ2n) is 3.75. The van der Waals surface area contributed by atoms with Crippen LogP contribution in [0.2, 0.25) is 0 Å². The highest BCUT2D eigenvalue weighted by atomic mass is 32.2. The Morgan fingerprint density at radius 1 is 1.35 bits per heavy atom. The van der Waals surface area contributed by atoms with Gasteiger partial charge in [0.15, 0.2) is 5.82 Å². The molecule has 0 aliphatic carbocycles. The lowest BCUT2D eigenvalue weighted by atomic mass is 10.4. The van der Waals surface area contributed by atoms with Gasteiger partial charge in [-0.2, -0.15) is 0 Å². The fourth-order valence-electron chi connectivity index (χ4n) is 1.99. The van der Waals surface area contributed by atoms with Gasteiger partial charge in [-0.25, -0.2) is 4.68 Å². The molecule has 0 spiro atoms. The van der Waals surface area contributed by atoms with E-state index >= 15 is 0 Å². The molecule has 1 atom stereocenters. The maximum absolute atomic E-state index is 4.18. The molecule has 17 heavy (non-hydrogen) atoms. The molecule has 0 aromatic carbocycles. The number of thiophene rings is 1. The van der Waals surface area contributed by atoms with Gasteiger partial charge in [-0.1, -0.05) is 17.8 Å². The molecule has 0 bridgehead atoms. The van der Waals surface area contributed by atoms with Crippen LogP contribution in [0.3, 0.4) is 0 Å². The maximum atomic E-state index is 4.18. The second-order valence-corrected chi connectivity index (χ2v) is 6.67. The summed E-state index contributed by atoms with van der Waals surface area (Å²) in [5, 5.41) is 17.5. The van der Waals surface area contributed by atoms with Gasteiger partial charge in [-0.15, -0.1) is 21.5 Å². The van der Waals surface area contributed by atoms with Crippen LogP contribution in [0.15, 0.2) is 33.1 Å². The number of hydrogen-bond acceptors (Lipinski definition) is 6. The zero-order chi connectivity index (χ0) is 11.4. The summed E-state index contributed by atoms with van der Waals surface area (Å²) in [6, 6.07) is 4.28. The molecule has 0 saturated heterocycles. The Hall–Kier alpha value is -0.920. The van der Waals surface area contributed by atoms with Gasteiger partial charge in [0, 0.05) is 10.3 Å². The molecule has 4 rings (SSSR count). The monoisotopic (exact) mass is 280 g/mol. The molecule has 7 heteroatoms. The number of rotatable bonds is 1. The maximum Gasteiger partial charge on any atom is 0.216 e. The molecular weight excluding hydrogens is 272 g/mol. The zero-order valence-electron chi connectivity index (χ0n) is 8.90. The topological polar surface area (TPSA) is 34.0 Å². The molecule has 4 nitrogen and oxygen atoms in total. The van der Waals surface area contributed by atoms with Gasteiger partial charge in [0.1, 0.15) is 10.4 Å². The van der Waals surface area contributed by atoms with Crippen LogP contribution in [-0.4, -0.2) is 14.9 Å². The van der Waals surface area contributed by atoms with Crippen molar-refractivity contribution in [3.63, 3.8) is 0 Å². The summed E-state index contributed by atoms with van der Waals surface area (Å²) in [5.41, 5.74) is 0. The highest BCUT2D eigenvalue weighted by molar-refractivity contribution is 8.07. The number of aryl methyl sites for hydroxylation is 1. The van der Waals surface area contributed by atoms with Gasteiger partial charge in [-0.05, 0) is 30.1 Å². The summed E-state index contributed by atoms with van der Waals surface area (Å²) >= 11 is 5.33. The van der Waals surface area contributed by atoms with Crippen molar-refractivity contribution >= 4 is 34.9 Å². The van der Waals surface area contributed by atoms with Crippen LogP contribution in [0.4, 0.5) is 0 Å². The minimum atomic E-state index is 0.327. The van der Waals surface area contributed by atoms with E-state index in [0.29, 0.717) is 5.37 Å². The van der Waals surface area contributed by atoms with Crippen LogP contribution < -0.4 is 5.01 Å². The van der Waals surface area contributed by atoms with Crippen molar-refractivity contribution in [2.45, 2.75) is 17.5 Å². The Labute approximate surface area is 111 Å². The van der Waals surface area contributed by atoms with Crippen LogP contribution in [0.1, 0.15) is 16.1 Å². The third kappa shape index (κ3) is 1.33. The zero-order valence-corrected chi connectivity index (χ0v) is 11.3. The Kier molecular flexibility index (Phi) is 2.09. The van der Waals surface area contributed by atoms with E-state index < -0.39 is 0 Å². The van der Waals surface area contributed by atoms with Gasteiger partial charge < -0.3 is 0 Å². The van der Waals surface area contributed by atoms with Crippen molar-refractivity contribution in [3.05, 3.63) is 38.7 Å². The van der Waals surface area contributed by atoms with E-state index in [2.05, 4.69) is 42.8 Å². The molecule has 0 amide bonds. The molecule has 0 saturated carbocycles. The summed E-state index contributed by atoms with van der Waals surface area (Å²) in [4.78, 5) is 1.36. The molecule has 2 aliphatic heterocycles. The first-order valence-electron chi connectivity index (χ1n) is 5.13. The summed E-state index contributed by atoms with van der Waals surface area (Å²) in [6.07, 6.45) is 0. The first kappa shape index (κ1) is 10.0. The number of aromatic nitrogens is 3. The number of nitrogens with zero attached hydrogens (tertiary/aromatic N) is 4. The van der Waals surface area contributed by atoms with Gasteiger partial charge in [0.05, 0.1) is 0 Å². The van der Waals surface area contributed by atoms with E-state index in [4.69, 9.17) is 0 Å². The van der Waals surface area contributed by atoms with E-state index in [-0.39, 0.29) is 0 Å². The molecular formula is C10H8N4S3. The quantitative estimate of drug-likeness (QED) is 0.802. The average Bonchev–Trinajstić information content (AvgIpc) is 3.00. The molecule has 0 radical (unpaired) electrons. The molecule has 86 valence electrons. The number of fused-ring (bicyclic) bond motifs is 3. The molecule has 2 aromatic heterocycles. The SMILES string of the molecule is Cc1nnc2n1N1C(=CSC1c1cccs1)S2. The van der Waals surface area contributed by atoms with E-state index in [1.165, 1.54) is 9.91 Å². The van der Waals surface area contributed by atoms with Crippen molar-refractivity contribution in [2.24, 2.45) is 0 Å². The van der Waals surface area contributed by atoms with Gasteiger partial charge in [0.25, 0.3) is 0 Å². The van der Waals surface area contributed by atoms with Gasteiger partial charge >= 0.3 is 0 Å². The Bertz CT molecular complexity index is 601. The van der Waals surface area contributed by atoms with Gasteiger partial charge in [0.2, 0.25) is 5.16 Å². The van der Waals surface area contributed by atoms with E-state index in [1.807, 2.05) is 18.7 Å². The molecule has 4 heterocycles. The molecule has 0 N–H and O–H groups in total. The summed E-state index contributed by atoms with van der Waals surface area (Å²) < 4.78 is 2.11. The van der Waals surface area contributed by atoms with Crippen LogP contribution >= 0.6 is 34.9 Å². The summed E-state index contributed by atoms with van der Waals surface area (Å²) in [7, 11) is 0. The molecule has 2 aliphatic rings. The summed E-state index contributed by atoms with van der Waals surface area (Å²) in [6.45, 7) is 1.99. The van der Waals surface area contributed by atoms with E-state index in [0.717, 1.165) is 11.0 Å². The van der Waals surface area contributed by atoms with Crippen LogP contribution in [0.25, 0.3) is 0 Å². The third-order valence-electron chi connectivity index (χ3n) is 2.71. The Balaban J connectivity index is 1.83. The normalized spacial score (nSPS) is 21.6. The van der Waals surface area contributed by atoms with Crippen molar-refractivity contribution in [1.29, 1.82) is 0 Å². The second kappa shape index (κ2) is 3.54. The largest absolute Gasteiger partial charge is 0.252 e. The number of thioether (sulfide) groups is 2. The lowest BCUT2D eigenvalue weighted by Crippen LogP contribution is -2.29. The highest BCUT2D eigenvalue weighted by Gasteiger charge is 2.39. The van der Waals surface area contributed by atoms with Crippen LogP contribution in [0.5, 0.6) is 0 Å². The Morgan fingerprint density at radius 2 is 2.29 bits per heavy atom. The summed E-state index contributed by atoms with van der Waals surface area (Å²) in [5.74, 6) is 0.944. The minimum Gasteiger partial charge on any atom is -0.252 e. The fourth-order valence-corrected chi connectivity index (χ4v) is 5.18. The van der Waals surface area contributed by atoms with E-state index in [9.17, 15) is 0 Å². The van der Waals surface area contributed by atoms with Crippen LogP contribution in [-0.2, 0) is 0 Å². The van der Waals surface area contributed by atoms with Crippen molar-refractivity contribution in [3.8, 4) is 0 Å². The smallest absolute Gasteiger partial charge is 0.216 e. The molecule has 0 fully saturated rings.